The Labute approximate surface area is 121 Å². The Morgan fingerprint density at radius 2 is 2.15 bits per heavy atom. The van der Waals surface area contributed by atoms with Crippen LogP contribution in [0.15, 0.2) is 36.9 Å². The summed E-state index contributed by atoms with van der Waals surface area (Å²) in [6, 6.07) is 8.23. The van der Waals surface area contributed by atoms with Crippen LogP contribution in [0.5, 0.6) is 5.75 Å². The molecule has 0 bridgehead atoms. The normalized spacial score (nSPS) is 23.5. The van der Waals surface area contributed by atoms with Crippen LogP contribution < -0.4 is 4.74 Å². The Kier molecular flexibility index (Phi) is 5.21. The van der Waals surface area contributed by atoms with E-state index >= 15 is 0 Å². The van der Waals surface area contributed by atoms with Gasteiger partial charge in [0, 0.05) is 18.5 Å². The number of aliphatic hydroxyl groups excluding tert-OH is 1. The highest BCUT2D eigenvalue weighted by atomic mass is 16.5. The molecule has 3 nitrogen and oxygen atoms in total. The monoisotopic (exact) mass is 275 g/mol. The minimum Gasteiger partial charge on any atom is -0.497 e. The van der Waals surface area contributed by atoms with E-state index in [1.54, 1.807) is 7.11 Å². The van der Waals surface area contributed by atoms with Gasteiger partial charge in [-0.15, -0.1) is 6.58 Å². The molecule has 1 fully saturated rings. The number of nitrogens with zero attached hydrogens (tertiary/aromatic N) is 1. The van der Waals surface area contributed by atoms with Crippen LogP contribution in [0, 0.1) is 5.41 Å². The number of ether oxygens (including phenoxy) is 1. The maximum Gasteiger partial charge on any atom is 0.118 e. The molecule has 0 aliphatic carbocycles. The van der Waals surface area contributed by atoms with Gasteiger partial charge < -0.3 is 9.84 Å². The van der Waals surface area contributed by atoms with Gasteiger partial charge in [-0.25, -0.2) is 0 Å². The van der Waals surface area contributed by atoms with Crippen LogP contribution >= 0.6 is 0 Å². The summed E-state index contributed by atoms with van der Waals surface area (Å²) in [4.78, 5) is 2.44. The van der Waals surface area contributed by atoms with E-state index in [1.807, 2.05) is 18.2 Å². The third-order valence-corrected chi connectivity index (χ3v) is 4.22. The number of hydrogen-bond donors (Lipinski definition) is 1. The molecule has 0 aromatic heterocycles. The second-order valence-corrected chi connectivity index (χ2v) is 5.81. The molecule has 1 saturated heterocycles. The molecule has 1 heterocycles. The molecule has 0 spiro atoms. The second kappa shape index (κ2) is 6.91. The van der Waals surface area contributed by atoms with Crippen LogP contribution in [0.1, 0.15) is 24.8 Å². The molecule has 1 aliphatic rings. The number of benzene rings is 1. The predicted octanol–water partition coefficient (Wildman–Crippen LogP) is 2.85. The van der Waals surface area contributed by atoms with Crippen molar-refractivity contribution >= 4 is 0 Å². The zero-order valence-electron chi connectivity index (χ0n) is 12.3. The smallest absolute Gasteiger partial charge is 0.118 e. The first-order valence-corrected chi connectivity index (χ1v) is 7.28. The summed E-state index contributed by atoms with van der Waals surface area (Å²) in [6.45, 7) is 7.06. The average Bonchev–Trinajstić information content (AvgIpc) is 2.49. The van der Waals surface area contributed by atoms with Crippen LogP contribution in [-0.2, 0) is 6.54 Å². The van der Waals surface area contributed by atoms with E-state index in [4.69, 9.17) is 4.74 Å². The lowest BCUT2D eigenvalue weighted by Crippen LogP contribution is -2.44. The van der Waals surface area contributed by atoms with Gasteiger partial charge in [0.1, 0.15) is 5.75 Å². The van der Waals surface area contributed by atoms with E-state index in [0.29, 0.717) is 0 Å². The van der Waals surface area contributed by atoms with Crippen molar-refractivity contribution in [2.75, 3.05) is 26.8 Å². The summed E-state index contributed by atoms with van der Waals surface area (Å²) in [5.74, 6) is 0.892. The van der Waals surface area contributed by atoms with Crippen LogP contribution in [-0.4, -0.2) is 36.8 Å². The van der Waals surface area contributed by atoms with Gasteiger partial charge >= 0.3 is 0 Å². The van der Waals surface area contributed by atoms with E-state index in [9.17, 15) is 5.11 Å². The van der Waals surface area contributed by atoms with Crippen molar-refractivity contribution in [2.24, 2.45) is 5.41 Å². The van der Waals surface area contributed by atoms with Gasteiger partial charge in [-0.3, -0.25) is 4.90 Å². The molecule has 1 aromatic rings. The number of piperidine rings is 1. The summed E-state index contributed by atoms with van der Waals surface area (Å²) in [5.41, 5.74) is 1.30. The molecule has 1 aromatic carbocycles. The van der Waals surface area contributed by atoms with Gasteiger partial charge in [0.25, 0.3) is 0 Å². The molecule has 0 saturated carbocycles. The number of allylic oxidation sites excluding steroid dienone is 1. The number of likely N-dealkylation sites (tertiary alicyclic amines) is 1. The molecule has 20 heavy (non-hydrogen) atoms. The quantitative estimate of drug-likeness (QED) is 0.810. The maximum absolute atomic E-state index is 9.73. The lowest BCUT2D eigenvalue weighted by atomic mass is 9.78. The Bertz CT molecular complexity index is 429. The minimum atomic E-state index is 0.00642. The predicted molar refractivity (Wildman–Crippen MR) is 81.8 cm³/mol. The second-order valence-electron chi connectivity index (χ2n) is 5.81. The molecule has 0 unspecified atom stereocenters. The molecule has 0 amide bonds. The van der Waals surface area contributed by atoms with Gasteiger partial charge in [-0.1, -0.05) is 18.2 Å². The summed E-state index contributed by atoms with van der Waals surface area (Å²) in [5, 5.41) is 9.73. The number of aliphatic hydroxyl groups is 1. The number of hydrogen-bond acceptors (Lipinski definition) is 3. The van der Waals surface area contributed by atoms with Crippen molar-refractivity contribution in [1.82, 2.24) is 4.90 Å². The van der Waals surface area contributed by atoms with E-state index in [2.05, 4.69) is 23.6 Å². The van der Waals surface area contributed by atoms with Gasteiger partial charge in [0.05, 0.1) is 13.7 Å². The van der Waals surface area contributed by atoms with E-state index in [1.165, 1.54) is 5.56 Å². The number of methoxy groups -OCH3 is 1. The standard InChI is InChI=1S/C17H25NO2/c1-3-9-17(14-19)10-4-11-18(13-17)12-15-5-7-16(20-2)8-6-15/h3,5-8,19H,1,4,9-14H2,2H3/t17-/m0/s1. The third-order valence-electron chi connectivity index (χ3n) is 4.22. The van der Waals surface area contributed by atoms with Crippen molar-refractivity contribution in [3.63, 3.8) is 0 Å². The van der Waals surface area contributed by atoms with Crippen molar-refractivity contribution in [2.45, 2.75) is 25.8 Å². The highest BCUT2D eigenvalue weighted by Crippen LogP contribution is 2.34. The topological polar surface area (TPSA) is 32.7 Å². The molecular formula is C17H25NO2. The van der Waals surface area contributed by atoms with E-state index < -0.39 is 0 Å². The third kappa shape index (κ3) is 3.62. The summed E-state index contributed by atoms with van der Waals surface area (Å²) in [6.07, 6.45) is 5.06. The highest BCUT2D eigenvalue weighted by molar-refractivity contribution is 5.27. The zero-order chi connectivity index (χ0) is 14.4. The Morgan fingerprint density at radius 1 is 1.40 bits per heavy atom. The van der Waals surface area contributed by atoms with Crippen LogP contribution in [0.25, 0.3) is 0 Å². The molecule has 2 rings (SSSR count). The van der Waals surface area contributed by atoms with Crippen molar-refractivity contribution in [3.05, 3.63) is 42.5 Å². The van der Waals surface area contributed by atoms with Crippen LogP contribution in [0.3, 0.4) is 0 Å². The van der Waals surface area contributed by atoms with E-state index in [0.717, 1.165) is 44.6 Å². The number of rotatable bonds is 6. The molecule has 1 aliphatic heterocycles. The largest absolute Gasteiger partial charge is 0.497 e. The highest BCUT2D eigenvalue weighted by Gasteiger charge is 2.33. The van der Waals surface area contributed by atoms with Crippen molar-refractivity contribution in [3.8, 4) is 5.75 Å². The molecule has 0 radical (unpaired) electrons. The van der Waals surface area contributed by atoms with Gasteiger partial charge in [0.15, 0.2) is 0 Å². The first kappa shape index (κ1) is 15.1. The molecule has 110 valence electrons. The van der Waals surface area contributed by atoms with Gasteiger partial charge in [-0.05, 0) is 43.5 Å². The first-order chi connectivity index (χ1) is 9.71. The average molecular weight is 275 g/mol. The summed E-state index contributed by atoms with van der Waals surface area (Å²) in [7, 11) is 1.69. The van der Waals surface area contributed by atoms with Gasteiger partial charge in [-0.2, -0.15) is 0 Å². The van der Waals surface area contributed by atoms with Crippen molar-refractivity contribution in [1.29, 1.82) is 0 Å². The molecule has 1 atom stereocenters. The van der Waals surface area contributed by atoms with Crippen LogP contribution in [0.4, 0.5) is 0 Å². The fourth-order valence-electron chi connectivity index (χ4n) is 3.10. The molecule has 3 heteroatoms. The zero-order valence-corrected chi connectivity index (χ0v) is 12.3. The van der Waals surface area contributed by atoms with Crippen molar-refractivity contribution < 1.29 is 9.84 Å². The Hall–Kier alpha value is -1.32. The summed E-state index contributed by atoms with van der Waals surface area (Å²) < 4.78 is 5.18. The lowest BCUT2D eigenvalue weighted by Gasteiger charge is -2.41. The maximum atomic E-state index is 9.73. The van der Waals surface area contributed by atoms with Gasteiger partial charge in [0.2, 0.25) is 0 Å². The minimum absolute atomic E-state index is 0.00642. The van der Waals surface area contributed by atoms with E-state index in [-0.39, 0.29) is 12.0 Å². The molecule has 1 N–H and O–H groups in total. The lowest BCUT2D eigenvalue weighted by molar-refractivity contribution is 0.0309. The fourth-order valence-corrected chi connectivity index (χ4v) is 3.10. The summed E-state index contributed by atoms with van der Waals surface area (Å²) >= 11 is 0. The SMILES string of the molecule is C=CC[C@]1(CO)CCCN(Cc2ccc(OC)cc2)C1. The first-order valence-electron chi connectivity index (χ1n) is 7.28. The fraction of sp³-hybridized carbons (Fsp3) is 0.529. The van der Waals surface area contributed by atoms with Crippen LogP contribution in [0.2, 0.25) is 0 Å². The Morgan fingerprint density at radius 3 is 2.75 bits per heavy atom. The Balaban J connectivity index is 1.99. The molecular weight excluding hydrogens is 250 g/mol.